The molecule has 2 N–H and O–H groups in total. The van der Waals surface area contributed by atoms with Crippen molar-refractivity contribution in [3.05, 3.63) is 29.3 Å². The number of nitrogens with one attached hydrogen (secondary N) is 1. The topological polar surface area (TPSA) is 50.1 Å². The molecule has 2 aromatic rings. The maximum absolute atomic E-state index is 9.97. The molecule has 0 radical (unpaired) electrons. The standard InChI is InChI=1S/C15H23N3OS/c1-4-11(2)13(19)9-16-8-12-10-18(3)17-15(12)14-6-5-7-20-14/h5-7,10-11,13,16,19H,4,8-9H2,1-3H3. The van der Waals surface area contributed by atoms with Crippen molar-refractivity contribution in [2.24, 2.45) is 13.0 Å². The van der Waals surface area contributed by atoms with Crippen LogP contribution in [0.3, 0.4) is 0 Å². The summed E-state index contributed by atoms with van der Waals surface area (Å²) in [7, 11) is 1.94. The summed E-state index contributed by atoms with van der Waals surface area (Å²) in [5.41, 5.74) is 2.21. The van der Waals surface area contributed by atoms with Crippen LogP contribution >= 0.6 is 11.3 Å². The van der Waals surface area contributed by atoms with Gasteiger partial charge in [0.2, 0.25) is 0 Å². The Morgan fingerprint density at radius 2 is 2.30 bits per heavy atom. The SMILES string of the molecule is CCC(C)C(O)CNCc1cn(C)nc1-c1cccs1. The first kappa shape index (κ1) is 15.2. The van der Waals surface area contributed by atoms with Gasteiger partial charge < -0.3 is 10.4 Å². The van der Waals surface area contributed by atoms with E-state index in [-0.39, 0.29) is 6.10 Å². The molecule has 0 saturated heterocycles. The first-order chi connectivity index (χ1) is 9.61. The van der Waals surface area contributed by atoms with Crippen molar-refractivity contribution in [2.45, 2.75) is 32.9 Å². The molecule has 0 saturated carbocycles. The second kappa shape index (κ2) is 7.02. The van der Waals surface area contributed by atoms with Crippen molar-refractivity contribution in [1.29, 1.82) is 0 Å². The molecule has 0 spiro atoms. The van der Waals surface area contributed by atoms with Gasteiger partial charge in [-0.15, -0.1) is 11.3 Å². The Bertz CT molecular complexity index is 521. The summed E-state index contributed by atoms with van der Waals surface area (Å²) in [4.78, 5) is 1.19. The molecule has 0 aliphatic carbocycles. The van der Waals surface area contributed by atoms with Gasteiger partial charge in [0, 0.05) is 31.9 Å². The van der Waals surface area contributed by atoms with E-state index in [0.29, 0.717) is 12.5 Å². The largest absolute Gasteiger partial charge is 0.392 e. The van der Waals surface area contributed by atoms with E-state index in [4.69, 9.17) is 0 Å². The van der Waals surface area contributed by atoms with Crippen LogP contribution in [-0.2, 0) is 13.6 Å². The van der Waals surface area contributed by atoms with Crippen LogP contribution in [0.25, 0.3) is 10.6 Å². The highest BCUT2D eigenvalue weighted by molar-refractivity contribution is 7.13. The Labute approximate surface area is 124 Å². The Balaban J connectivity index is 1.97. The predicted molar refractivity (Wildman–Crippen MR) is 83.7 cm³/mol. The van der Waals surface area contributed by atoms with Gasteiger partial charge in [-0.1, -0.05) is 26.3 Å². The van der Waals surface area contributed by atoms with Gasteiger partial charge in [-0.05, 0) is 17.4 Å². The predicted octanol–water partition coefficient (Wildman–Crippen LogP) is 2.65. The molecule has 0 bridgehead atoms. The highest BCUT2D eigenvalue weighted by Crippen LogP contribution is 2.26. The lowest BCUT2D eigenvalue weighted by Crippen LogP contribution is -2.31. The first-order valence-corrected chi connectivity index (χ1v) is 7.95. The highest BCUT2D eigenvalue weighted by atomic mass is 32.1. The summed E-state index contributed by atoms with van der Waals surface area (Å²) in [6, 6.07) is 4.13. The molecular formula is C15H23N3OS. The Morgan fingerprint density at radius 1 is 1.50 bits per heavy atom. The van der Waals surface area contributed by atoms with Gasteiger partial charge in [0.15, 0.2) is 0 Å². The normalized spacial score (nSPS) is 14.4. The third-order valence-corrected chi connectivity index (χ3v) is 4.51. The number of rotatable bonds is 7. The monoisotopic (exact) mass is 293 g/mol. The fraction of sp³-hybridized carbons (Fsp3) is 0.533. The smallest absolute Gasteiger partial charge is 0.107 e. The lowest BCUT2D eigenvalue weighted by atomic mass is 10.0. The molecule has 2 aromatic heterocycles. The van der Waals surface area contributed by atoms with Crippen molar-refractivity contribution in [3.8, 4) is 10.6 Å². The summed E-state index contributed by atoms with van der Waals surface area (Å²) in [5.74, 6) is 0.327. The molecule has 0 fully saturated rings. The van der Waals surface area contributed by atoms with Gasteiger partial charge in [-0.2, -0.15) is 5.10 Å². The summed E-state index contributed by atoms with van der Waals surface area (Å²) >= 11 is 1.70. The molecule has 2 atom stereocenters. The molecule has 2 unspecified atom stereocenters. The lowest BCUT2D eigenvalue weighted by Gasteiger charge is -2.17. The summed E-state index contributed by atoms with van der Waals surface area (Å²) in [6.07, 6.45) is 2.75. The molecule has 5 heteroatoms. The third kappa shape index (κ3) is 3.69. The van der Waals surface area contributed by atoms with Gasteiger partial charge in [0.05, 0.1) is 11.0 Å². The second-order valence-corrected chi connectivity index (χ2v) is 6.19. The Morgan fingerprint density at radius 3 is 2.95 bits per heavy atom. The fourth-order valence-corrected chi connectivity index (χ4v) is 2.86. The van der Waals surface area contributed by atoms with E-state index in [1.54, 1.807) is 11.3 Å². The minimum absolute atomic E-state index is 0.290. The average Bonchev–Trinajstić information content (AvgIpc) is 3.06. The summed E-state index contributed by atoms with van der Waals surface area (Å²) in [6.45, 7) is 5.53. The van der Waals surface area contributed by atoms with E-state index in [2.05, 4.69) is 35.7 Å². The molecule has 2 heterocycles. The maximum Gasteiger partial charge on any atom is 0.107 e. The van der Waals surface area contributed by atoms with E-state index in [1.165, 1.54) is 10.4 Å². The van der Waals surface area contributed by atoms with Crippen molar-refractivity contribution in [1.82, 2.24) is 15.1 Å². The number of hydrogen-bond acceptors (Lipinski definition) is 4. The molecule has 0 aliphatic rings. The van der Waals surface area contributed by atoms with Gasteiger partial charge in [0.1, 0.15) is 5.69 Å². The number of aromatic nitrogens is 2. The van der Waals surface area contributed by atoms with Gasteiger partial charge in [0.25, 0.3) is 0 Å². The molecular weight excluding hydrogens is 270 g/mol. The van der Waals surface area contributed by atoms with E-state index in [1.807, 2.05) is 24.0 Å². The highest BCUT2D eigenvalue weighted by Gasteiger charge is 2.14. The Kier molecular flexibility index (Phi) is 5.34. The van der Waals surface area contributed by atoms with Crippen molar-refractivity contribution in [3.63, 3.8) is 0 Å². The molecule has 4 nitrogen and oxygen atoms in total. The fourth-order valence-electron chi connectivity index (χ4n) is 2.12. The molecule has 0 amide bonds. The van der Waals surface area contributed by atoms with Crippen LogP contribution in [0.1, 0.15) is 25.8 Å². The van der Waals surface area contributed by atoms with E-state index < -0.39 is 0 Å². The molecule has 0 aliphatic heterocycles. The number of hydrogen-bond donors (Lipinski definition) is 2. The second-order valence-electron chi connectivity index (χ2n) is 5.24. The number of nitrogens with zero attached hydrogens (tertiary/aromatic N) is 2. The van der Waals surface area contributed by atoms with E-state index in [0.717, 1.165) is 18.7 Å². The molecule has 0 aromatic carbocycles. The van der Waals surface area contributed by atoms with Gasteiger partial charge >= 0.3 is 0 Å². The zero-order valence-corrected chi connectivity index (χ0v) is 13.2. The van der Waals surface area contributed by atoms with Crippen LogP contribution in [0.2, 0.25) is 0 Å². The van der Waals surface area contributed by atoms with Crippen molar-refractivity contribution in [2.75, 3.05) is 6.54 Å². The van der Waals surface area contributed by atoms with Crippen LogP contribution in [0.5, 0.6) is 0 Å². The zero-order valence-electron chi connectivity index (χ0n) is 12.3. The maximum atomic E-state index is 9.97. The van der Waals surface area contributed by atoms with Crippen LogP contribution in [0.4, 0.5) is 0 Å². The number of aliphatic hydroxyl groups excluding tert-OH is 1. The average molecular weight is 293 g/mol. The first-order valence-electron chi connectivity index (χ1n) is 7.07. The van der Waals surface area contributed by atoms with Crippen molar-refractivity contribution < 1.29 is 5.11 Å². The number of aryl methyl sites for hydroxylation is 1. The quantitative estimate of drug-likeness (QED) is 0.825. The Hall–Kier alpha value is -1.17. The van der Waals surface area contributed by atoms with Crippen molar-refractivity contribution >= 4 is 11.3 Å². The minimum atomic E-state index is -0.290. The summed E-state index contributed by atoms with van der Waals surface area (Å²) in [5, 5.41) is 19.9. The third-order valence-electron chi connectivity index (χ3n) is 3.63. The minimum Gasteiger partial charge on any atom is -0.392 e. The van der Waals surface area contributed by atoms with E-state index >= 15 is 0 Å². The van der Waals surface area contributed by atoms with Crippen LogP contribution in [0, 0.1) is 5.92 Å². The summed E-state index contributed by atoms with van der Waals surface area (Å²) < 4.78 is 1.84. The molecule has 2 rings (SSSR count). The van der Waals surface area contributed by atoms with Gasteiger partial charge in [-0.3, -0.25) is 4.68 Å². The van der Waals surface area contributed by atoms with Crippen LogP contribution in [-0.4, -0.2) is 27.5 Å². The lowest BCUT2D eigenvalue weighted by molar-refractivity contribution is 0.113. The molecule has 20 heavy (non-hydrogen) atoms. The van der Waals surface area contributed by atoms with Crippen LogP contribution < -0.4 is 5.32 Å². The number of thiophene rings is 1. The zero-order chi connectivity index (χ0) is 14.5. The van der Waals surface area contributed by atoms with Gasteiger partial charge in [-0.25, -0.2) is 0 Å². The van der Waals surface area contributed by atoms with Crippen LogP contribution in [0.15, 0.2) is 23.7 Å². The van der Waals surface area contributed by atoms with E-state index in [9.17, 15) is 5.11 Å². The number of aliphatic hydroxyl groups is 1. The molecule has 110 valence electrons.